The minimum absolute atomic E-state index is 0.269. The molecular weight excluding hydrogens is 176 g/mol. The highest BCUT2D eigenvalue weighted by molar-refractivity contribution is 4.92. The summed E-state index contributed by atoms with van der Waals surface area (Å²) in [5, 5.41) is 0. The maximum Gasteiger partial charge on any atom is 0.0842 e. The topological polar surface area (TPSA) is 18.5 Å². The van der Waals surface area contributed by atoms with Gasteiger partial charge in [0, 0.05) is 0 Å². The average molecular weight is 196 g/mol. The quantitative estimate of drug-likeness (QED) is 0.608. The molecule has 1 aliphatic rings. The summed E-state index contributed by atoms with van der Waals surface area (Å²) < 4.78 is 11.3. The number of hydrogen-bond acceptors (Lipinski definition) is 2. The van der Waals surface area contributed by atoms with Crippen molar-refractivity contribution in [2.75, 3.05) is 13.2 Å². The summed E-state index contributed by atoms with van der Waals surface area (Å²) in [6.45, 7) is 12.9. The van der Waals surface area contributed by atoms with Gasteiger partial charge in [-0.05, 0) is 26.7 Å². The molecule has 0 spiro atoms. The van der Waals surface area contributed by atoms with E-state index < -0.39 is 0 Å². The molecule has 2 unspecified atom stereocenters. The maximum absolute atomic E-state index is 5.63. The predicted octanol–water partition coefficient (Wildman–Crippen LogP) is 2.70. The molecule has 0 aliphatic heterocycles. The fraction of sp³-hybridized carbons (Fsp3) is 0.667. The van der Waals surface area contributed by atoms with Gasteiger partial charge in [-0.1, -0.05) is 24.3 Å². The van der Waals surface area contributed by atoms with E-state index in [0.29, 0.717) is 13.2 Å². The summed E-state index contributed by atoms with van der Waals surface area (Å²) in [5.41, 5.74) is 2.13. The van der Waals surface area contributed by atoms with Crippen molar-refractivity contribution >= 4 is 0 Å². The van der Waals surface area contributed by atoms with Gasteiger partial charge in [-0.25, -0.2) is 0 Å². The van der Waals surface area contributed by atoms with Gasteiger partial charge in [0.25, 0.3) is 0 Å². The maximum atomic E-state index is 5.63. The summed E-state index contributed by atoms with van der Waals surface area (Å²) in [6.07, 6.45) is 2.75. The highest BCUT2D eigenvalue weighted by atomic mass is 16.5. The Morgan fingerprint density at radius 3 is 1.57 bits per heavy atom. The zero-order chi connectivity index (χ0) is 10.6. The molecule has 0 radical (unpaired) electrons. The molecule has 0 bridgehead atoms. The smallest absolute Gasteiger partial charge is 0.0842 e. The van der Waals surface area contributed by atoms with E-state index in [1.54, 1.807) is 0 Å². The van der Waals surface area contributed by atoms with Gasteiger partial charge in [0.2, 0.25) is 0 Å². The van der Waals surface area contributed by atoms with Crippen molar-refractivity contribution in [3.05, 3.63) is 24.3 Å². The Labute approximate surface area is 86.6 Å². The van der Waals surface area contributed by atoms with Crippen LogP contribution in [0.5, 0.6) is 0 Å². The van der Waals surface area contributed by atoms with Crippen molar-refractivity contribution in [1.29, 1.82) is 0 Å². The Morgan fingerprint density at radius 2 is 1.36 bits per heavy atom. The minimum Gasteiger partial charge on any atom is -0.371 e. The molecular formula is C12H20O2. The van der Waals surface area contributed by atoms with Gasteiger partial charge in [0.05, 0.1) is 25.4 Å². The number of ether oxygens (including phenoxy) is 2. The van der Waals surface area contributed by atoms with Crippen LogP contribution < -0.4 is 0 Å². The molecule has 1 fully saturated rings. The molecule has 0 amide bonds. The third kappa shape index (κ3) is 3.64. The van der Waals surface area contributed by atoms with Crippen molar-refractivity contribution in [2.24, 2.45) is 0 Å². The first-order chi connectivity index (χ1) is 6.59. The van der Waals surface area contributed by atoms with Crippen molar-refractivity contribution in [1.82, 2.24) is 0 Å². The van der Waals surface area contributed by atoms with Gasteiger partial charge in [0.1, 0.15) is 0 Å². The van der Waals surface area contributed by atoms with Gasteiger partial charge >= 0.3 is 0 Å². The summed E-state index contributed by atoms with van der Waals surface area (Å²) in [7, 11) is 0. The van der Waals surface area contributed by atoms with Crippen molar-refractivity contribution in [3.63, 3.8) is 0 Å². The molecule has 2 nitrogen and oxygen atoms in total. The van der Waals surface area contributed by atoms with Crippen LogP contribution in [0.1, 0.15) is 26.7 Å². The van der Waals surface area contributed by atoms with Gasteiger partial charge in [-0.3, -0.25) is 0 Å². The monoisotopic (exact) mass is 196 g/mol. The first-order valence-corrected chi connectivity index (χ1v) is 5.11. The lowest BCUT2D eigenvalue weighted by molar-refractivity contribution is -0.117. The van der Waals surface area contributed by atoms with Crippen molar-refractivity contribution < 1.29 is 9.47 Å². The summed E-state index contributed by atoms with van der Waals surface area (Å²) >= 11 is 0. The van der Waals surface area contributed by atoms with Gasteiger partial charge in [-0.2, -0.15) is 0 Å². The van der Waals surface area contributed by atoms with Gasteiger partial charge in [0.15, 0.2) is 0 Å². The lowest BCUT2D eigenvalue weighted by atomic mass is 9.91. The first kappa shape index (κ1) is 11.5. The molecule has 0 N–H and O–H groups in total. The van der Waals surface area contributed by atoms with E-state index in [4.69, 9.17) is 9.47 Å². The van der Waals surface area contributed by atoms with Crippen LogP contribution in [0, 0.1) is 0 Å². The van der Waals surface area contributed by atoms with E-state index in [1.165, 1.54) is 0 Å². The predicted molar refractivity (Wildman–Crippen MR) is 58.3 cm³/mol. The molecule has 80 valence electrons. The second-order valence-electron chi connectivity index (χ2n) is 4.19. The standard InChI is InChI=1S/C12H20O2/c1-9(2)7-13-11-5-6-12(11)14-8-10(3)4/h11-12H,1,3,5-8H2,2,4H3. The SMILES string of the molecule is C=C(C)COC1CCC1OCC(=C)C. The average Bonchev–Trinajstić information content (AvgIpc) is 2.01. The molecule has 2 atom stereocenters. The van der Waals surface area contributed by atoms with E-state index >= 15 is 0 Å². The largest absolute Gasteiger partial charge is 0.371 e. The molecule has 0 aromatic carbocycles. The van der Waals surface area contributed by atoms with Crippen LogP contribution in [0.15, 0.2) is 24.3 Å². The second kappa shape index (κ2) is 5.32. The summed E-state index contributed by atoms with van der Waals surface area (Å²) in [6, 6.07) is 0. The van der Waals surface area contributed by atoms with E-state index in [-0.39, 0.29) is 12.2 Å². The van der Waals surface area contributed by atoms with Gasteiger partial charge < -0.3 is 9.47 Å². The minimum atomic E-state index is 0.269. The molecule has 1 aliphatic carbocycles. The van der Waals surface area contributed by atoms with E-state index in [2.05, 4.69) is 13.2 Å². The Kier molecular flexibility index (Phi) is 4.36. The Morgan fingerprint density at radius 1 is 1.00 bits per heavy atom. The summed E-state index contributed by atoms with van der Waals surface area (Å²) in [5.74, 6) is 0. The first-order valence-electron chi connectivity index (χ1n) is 5.11. The van der Waals surface area contributed by atoms with Crippen LogP contribution in [-0.2, 0) is 9.47 Å². The third-order valence-corrected chi connectivity index (χ3v) is 2.24. The van der Waals surface area contributed by atoms with Crippen LogP contribution in [0.4, 0.5) is 0 Å². The van der Waals surface area contributed by atoms with Crippen molar-refractivity contribution in [2.45, 2.75) is 38.9 Å². The Bertz CT molecular complexity index is 196. The molecule has 0 saturated heterocycles. The highest BCUT2D eigenvalue weighted by Gasteiger charge is 2.32. The normalized spacial score (nSPS) is 25.6. The van der Waals surface area contributed by atoms with E-state index in [0.717, 1.165) is 24.0 Å². The molecule has 1 saturated carbocycles. The van der Waals surface area contributed by atoms with Crippen molar-refractivity contribution in [3.8, 4) is 0 Å². The summed E-state index contributed by atoms with van der Waals surface area (Å²) in [4.78, 5) is 0. The third-order valence-electron chi connectivity index (χ3n) is 2.24. The Hall–Kier alpha value is -0.600. The molecule has 0 aromatic heterocycles. The lowest BCUT2D eigenvalue weighted by Crippen LogP contribution is -2.41. The van der Waals surface area contributed by atoms with Crippen LogP contribution in [-0.4, -0.2) is 25.4 Å². The molecule has 0 heterocycles. The van der Waals surface area contributed by atoms with Gasteiger partial charge in [-0.15, -0.1) is 0 Å². The van der Waals surface area contributed by atoms with Crippen LogP contribution in [0.2, 0.25) is 0 Å². The van der Waals surface area contributed by atoms with Crippen LogP contribution in [0.3, 0.4) is 0 Å². The van der Waals surface area contributed by atoms with Crippen LogP contribution >= 0.6 is 0 Å². The zero-order valence-electron chi connectivity index (χ0n) is 9.21. The molecule has 1 rings (SSSR count). The lowest BCUT2D eigenvalue weighted by Gasteiger charge is -2.36. The highest BCUT2D eigenvalue weighted by Crippen LogP contribution is 2.27. The van der Waals surface area contributed by atoms with E-state index in [1.807, 2.05) is 13.8 Å². The number of rotatable bonds is 6. The number of hydrogen-bond donors (Lipinski definition) is 0. The fourth-order valence-corrected chi connectivity index (χ4v) is 1.32. The van der Waals surface area contributed by atoms with Crippen LogP contribution in [0.25, 0.3) is 0 Å². The van der Waals surface area contributed by atoms with E-state index in [9.17, 15) is 0 Å². The Balaban J connectivity index is 2.15. The molecule has 2 heteroatoms. The fourth-order valence-electron chi connectivity index (χ4n) is 1.32. The second-order valence-corrected chi connectivity index (χ2v) is 4.19. The molecule has 14 heavy (non-hydrogen) atoms. The zero-order valence-corrected chi connectivity index (χ0v) is 9.21. The molecule has 0 aromatic rings.